The van der Waals surface area contributed by atoms with E-state index in [9.17, 15) is 39.9 Å². The number of methoxy groups -OCH3 is 1. The van der Waals surface area contributed by atoms with Gasteiger partial charge < -0.3 is 15.2 Å². The third kappa shape index (κ3) is 4.38. The van der Waals surface area contributed by atoms with Gasteiger partial charge in [-0.3, -0.25) is 0 Å². The average molecular weight is 513 g/mol. The Morgan fingerprint density at radius 3 is 2.42 bits per heavy atom. The Bertz CT molecular complexity index is 1280. The monoisotopic (exact) mass is 513 g/mol. The molecule has 0 aromatic heterocycles. The van der Waals surface area contributed by atoms with Crippen LogP contribution in [0.1, 0.15) is 24.0 Å². The van der Waals surface area contributed by atoms with Gasteiger partial charge in [-0.25, -0.2) is 26.0 Å². The van der Waals surface area contributed by atoms with Gasteiger partial charge in [0.15, 0.2) is 19.7 Å². The van der Waals surface area contributed by atoms with Crippen LogP contribution in [0.5, 0.6) is 0 Å². The molecule has 1 aromatic carbocycles. The Morgan fingerprint density at radius 1 is 1.24 bits per heavy atom. The first kappa shape index (κ1) is 25.2. The van der Waals surface area contributed by atoms with E-state index < -0.39 is 94.2 Å². The summed E-state index contributed by atoms with van der Waals surface area (Å²) in [5.41, 5.74) is -3.51. The molecule has 182 valence electrons. The number of alkyl halides is 3. The summed E-state index contributed by atoms with van der Waals surface area (Å²) in [6.07, 6.45) is -5.12. The van der Waals surface area contributed by atoms with E-state index in [1.807, 2.05) is 0 Å². The van der Waals surface area contributed by atoms with E-state index in [-0.39, 0.29) is 5.70 Å². The first-order valence-corrected chi connectivity index (χ1v) is 12.7. The second kappa shape index (κ2) is 8.40. The lowest BCUT2D eigenvalue weighted by Gasteiger charge is -2.31. The summed E-state index contributed by atoms with van der Waals surface area (Å²) in [6, 6.07) is 2.20. The highest BCUT2D eigenvalue weighted by Gasteiger charge is 2.48. The van der Waals surface area contributed by atoms with Gasteiger partial charge in [-0.05, 0) is 13.0 Å². The van der Waals surface area contributed by atoms with Crippen LogP contribution in [0.15, 0.2) is 40.1 Å². The highest BCUT2D eigenvalue weighted by molar-refractivity contribution is 7.98. The smallest absolute Gasteiger partial charge is 0.419 e. The molecule has 0 saturated carbocycles. The van der Waals surface area contributed by atoms with E-state index >= 15 is 4.39 Å². The molecule has 0 fully saturated rings. The maximum absolute atomic E-state index is 15.1. The van der Waals surface area contributed by atoms with Crippen molar-refractivity contribution in [2.24, 2.45) is 0 Å². The molecule has 0 bridgehead atoms. The summed E-state index contributed by atoms with van der Waals surface area (Å²) >= 11 is 0. The molecule has 0 amide bonds. The molecule has 0 saturated heterocycles. The zero-order valence-electron chi connectivity index (χ0n) is 17.2. The van der Waals surface area contributed by atoms with Crippen LogP contribution in [0, 0.1) is 5.82 Å². The molecule has 0 spiro atoms. The number of hydrogen-bond acceptors (Lipinski definition) is 8. The first-order valence-electron chi connectivity index (χ1n) is 9.35. The van der Waals surface area contributed by atoms with Crippen LogP contribution in [0.2, 0.25) is 0 Å². The summed E-state index contributed by atoms with van der Waals surface area (Å²) in [6.45, 7) is 0.225. The Morgan fingerprint density at radius 2 is 1.88 bits per heavy atom. The molecule has 3 rings (SSSR count). The zero-order valence-corrected chi connectivity index (χ0v) is 18.9. The predicted molar refractivity (Wildman–Crippen MR) is 107 cm³/mol. The van der Waals surface area contributed by atoms with Crippen LogP contribution < -0.4 is 5.32 Å². The van der Waals surface area contributed by atoms with E-state index in [0.717, 1.165) is 19.2 Å². The first-order chi connectivity index (χ1) is 15.2. The maximum atomic E-state index is 15.1. The summed E-state index contributed by atoms with van der Waals surface area (Å²) in [5.74, 6) is -6.88. The number of aliphatic hydroxyl groups is 1. The summed E-state index contributed by atoms with van der Waals surface area (Å²) in [4.78, 5) is 11.8. The number of aliphatic hydroxyl groups excluding tert-OH is 1. The SMILES string of the molecule is COC(=O)C1=C(C)NC2=C(C1c1cccc(C(F)(F)F)c1F)S(=O)(=O)CC(CO)S(=O)(=O)C2. The Labute approximate surface area is 186 Å². The third-order valence-electron chi connectivity index (χ3n) is 5.44. The number of dihydropyridines is 1. The van der Waals surface area contributed by atoms with E-state index in [1.54, 1.807) is 0 Å². The predicted octanol–water partition coefficient (Wildman–Crippen LogP) is 1.39. The highest BCUT2D eigenvalue weighted by atomic mass is 32.2. The number of hydrogen-bond donors (Lipinski definition) is 2. The lowest BCUT2D eigenvalue weighted by atomic mass is 9.85. The number of halogens is 4. The van der Waals surface area contributed by atoms with Gasteiger partial charge >= 0.3 is 12.1 Å². The lowest BCUT2D eigenvalue weighted by Crippen LogP contribution is -2.34. The fraction of sp³-hybridized carbons (Fsp3) is 0.421. The van der Waals surface area contributed by atoms with Crippen molar-refractivity contribution in [3.63, 3.8) is 0 Å². The minimum atomic E-state index is -5.12. The van der Waals surface area contributed by atoms with Gasteiger partial charge in [0.05, 0.1) is 52.4 Å². The molecule has 0 radical (unpaired) electrons. The number of esters is 1. The van der Waals surface area contributed by atoms with Crippen LogP contribution in [0.25, 0.3) is 0 Å². The maximum Gasteiger partial charge on any atom is 0.419 e. The number of rotatable bonds is 3. The number of carbonyl (C=O) groups is 1. The average Bonchev–Trinajstić information content (AvgIpc) is 2.76. The summed E-state index contributed by atoms with van der Waals surface area (Å²) in [7, 11) is -7.91. The van der Waals surface area contributed by atoms with Crippen LogP contribution in [-0.4, -0.2) is 58.4 Å². The number of carbonyl (C=O) groups excluding carboxylic acids is 1. The second-order valence-corrected chi connectivity index (χ2v) is 11.8. The fourth-order valence-corrected chi connectivity index (χ4v) is 8.37. The van der Waals surface area contributed by atoms with Crippen molar-refractivity contribution in [1.29, 1.82) is 0 Å². The van der Waals surface area contributed by atoms with Crippen LogP contribution in [0.3, 0.4) is 0 Å². The van der Waals surface area contributed by atoms with Gasteiger partial charge in [-0.1, -0.05) is 12.1 Å². The zero-order chi connectivity index (χ0) is 24.9. The standard InChI is InChI=1S/C19H19F4NO7S2/c1-9-14(18(26)31-2)15(11-4-3-5-12(16(11)20)19(21,22)23)17-13(24-9)8-32(27,28)10(6-25)7-33(17,29)30/h3-5,10,15,24-25H,6-8H2,1-2H3. The van der Waals surface area contributed by atoms with E-state index in [1.165, 1.54) is 6.92 Å². The molecule has 33 heavy (non-hydrogen) atoms. The second-order valence-electron chi connectivity index (χ2n) is 7.53. The molecule has 8 nitrogen and oxygen atoms in total. The fourth-order valence-electron chi connectivity index (χ4n) is 3.94. The van der Waals surface area contributed by atoms with Crippen molar-refractivity contribution in [2.75, 3.05) is 25.2 Å². The Hall–Kier alpha value is -2.45. The molecule has 2 unspecified atom stereocenters. The molecular weight excluding hydrogens is 494 g/mol. The number of nitrogens with one attached hydrogen (secondary N) is 1. The molecule has 14 heteroatoms. The molecular formula is C19H19F4NO7S2. The quantitative estimate of drug-likeness (QED) is 0.459. The van der Waals surface area contributed by atoms with E-state index in [0.29, 0.717) is 6.07 Å². The molecule has 2 heterocycles. The molecule has 2 aliphatic heterocycles. The van der Waals surface area contributed by atoms with E-state index in [2.05, 4.69) is 10.1 Å². The van der Waals surface area contributed by atoms with Crippen molar-refractivity contribution in [1.82, 2.24) is 5.32 Å². The largest absolute Gasteiger partial charge is 0.466 e. The Kier molecular flexibility index (Phi) is 6.41. The van der Waals surface area contributed by atoms with E-state index in [4.69, 9.17) is 0 Å². The van der Waals surface area contributed by atoms with Gasteiger partial charge in [-0.2, -0.15) is 13.2 Å². The number of ether oxygens (including phenoxy) is 1. The van der Waals surface area contributed by atoms with Crippen molar-refractivity contribution < 1.29 is 49.0 Å². The van der Waals surface area contributed by atoms with Gasteiger partial charge in [0.25, 0.3) is 0 Å². The molecule has 2 aliphatic rings. The molecule has 2 N–H and O–H groups in total. The minimum absolute atomic E-state index is 0.115. The molecule has 0 aliphatic carbocycles. The van der Waals surface area contributed by atoms with Crippen LogP contribution in [0.4, 0.5) is 17.6 Å². The number of sulfone groups is 2. The van der Waals surface area contributed by atoms with Crippen molar-refractivity contribution in [3.8, 4) is 0 Å². The minimum Gasteiger partial charge on any atom is -0.466 e. The molecule has 2 atom stereocenters. The topological polar surface area (TPSA) is 127 Å². The normalized spacial score (nSPS) is 24.6. The number of benzene rings is 1. The van der Waals surface area contributed by atoms with Gasteiger partial charge in [0, 0.05) is 17.0 Å². The van der Waals surface area contributed by atoms with Crippen LogP contribution in [-0.2, 0) is 35.4 Å². The van der Waals surface area contributed by atoms with Gasteiger partial charge in [0.1, 0.15) is 5.82 Å². The van der Waals surface area contributed by atoms with Gasteiger partial charge in [0.2, 0.25) is 0 Å². The van der Waals surface area contributed by atoms with Crippen LogP contribution >= 0.6 is 0 Å². The summed E-state index contributed by atoms with van der Waals surface area (Å²) in [5, 5.41) is 10.2. The third-order valence-corrected chi connectivity index (χ3v) is 9.67. The van der Waals surface area contributed by atoms with Crippen molar-refractivity contribution >= 4 is 25.6 Å². The van der Waals surface area contributed by atoms with Crippen molar-refractivity contribution in [3.05, 3.63) is 57.0 Å². The summed E-state index contributed by atoms with van der Waals surface area (Å²) < 4.78 is 112. The van der Waals surface area contributed by atoms with Crippen molar-refractivity contribution in [2.45, 2.75) is 24.3 Å². The lowest BCUT2D eigenvalue weighted by molar-refractivity contribution is -0.140. The molecule has 1 aromatic rings. The van der Waals surface area contributed by atoms with Gasteiger partial charge in [-0.15, -0.1) is 0 Å². The highest BCUT2D eigenvalue weighted by Crippen LogP contribution is 2.45. The number of allylic oxidation sites excluding steroid dienone is 2. The Balaban J connectivity index is 2.40.